The zero-order valence-corrected chi connectivity index (χ0v) is 36.0. The number of fused-ring (bicyclic) bond motifs is 1. The first-order valence-electron chi connectivity index (χ1n) is 20.5. The molecule has 0 aliphatic carbocycles. The first kappa shape index (κ1) is 43.0. The topological polar surface area (TPSA) is 140 Å². The highest BCUT2D eigenvalue weighted by Crippen LogP contribution is 2.32. The summed E-state index contributed by atoms with van der Waals surface area (Å²) in [5.74, 6) is 3.36. The number of piperidine rings is 1. The lowest BCUT2D eigenvalue weighted by atomic mass is 9.96. The highest BCUT2D eigenvalue weighted by molar-refractivity contribution is 5.68. The van der Waals surface area contributed by atoms with E-state index in [4.69, 9.17) is 39.0 Å². The average Bonchev–Trinajstić information content (AvgIpc) is 3.64. The summed E-state index contributed by atoms with van der Waals surface area (Å²) in [5, 5.41) is 16.8. The van der Waals surface area contributed by atoms with E-state index in [1.54, 1.807) is 43.1 Å². The largest absolute Gasteiger partial charge is 0.497 e. The molecule has 4 heterocycles. The fourth-order valence-corrected chi connectivity index (χ4v) is 7.44. The summed E-state index contributed by atoms with van der Waals surface area (Å²) in [6.45, 7) is 15.1. The van der Waals surface area contributed by atoms with Crippen LogP contribution in [-0.4, -0.2) is 93.3 Å². The summed E-state index contributed by atoms with van der Waals surface area (Å²) in [6, 6.07) is 18.1. The molecule has 316 valence electrons. The second kappa shape index (κ2) is 19.0. The van der Waals surface area contributed by atoms with Crippen molar-refractivity contribution >= 4 is 23.4 Å². The summed E-state index contributed by atoms with van der Waals surface area (Å²) in [7, 11) is 5.11. The Kier molecular flexibility index (Phi) is 13.8. The van der Waals surface area contributed by atoms with Crippen LogP contribution >= 0.6 is 0 Å². The Bertz CT molecular complexity index is 2100. The lowest BCUT2D eigenvalue weighted by Crippen LogP contribution is -2.41. The molecule has 0 bridgehead atoms. The molecule has 1 fully saturated rings. The molecule has 1 N–H and O–H groups in total. The molecule has 5 aromatic rings. The quantitative estimate of drug-likeness (QED) is 0.104. The third-order valence-electron chi connectivity index (χ3n) is 10.5. The van der Waals surface area contributed by atoms with Crippen molar-refractivity contribution in [1.29, 1.82) is 0 Å². The van der Waals surface area contributed by atoms with Gasteiger partial charge in [0.1, 0.15) is 29.0 Å². The van der Waals surface area contributed by atoms with E-state index in [1.807, 2.05) is 89.2 Å². The smallest absolute Gasteiger partial charge is 0.410 e. The third kappa shape index (κ3) is 10.9. The maximum atomic E-state index is 12.5. The van der Waals surface area contributed by atoms with Crippen molar-refractivity contribution in [1.82, 2.24) is 29.5 Å². The van der Waals surface area contributed by atoms with Crippen LogP contribution in [0.3, 0.4) is 0 Å². The maximum Gasteiger partial charge on any atom is 0.410 e. The number of methoxy groups -OCH3 is 2. The third-order valence-corrected chi connectivity index (χ3v) is 10.5. The van der Waals surface area contributed by atoms with Gasteiger partial charge < -0.3 is 38.8 Å². The van der Waals surface area contributed by atoms with Gasteiger partial charge >= 0.3 is 12.1 Å². The van der Waals surface area contributed by atoms with Crippen LogP contribution in [0.25, 0.3) is 5.65 Å². The Morgan fingerprint density at radius 2 is 1.56 bits per heavy atom. The number of aryl methyl sites for hydroxylation is 1. The van der Waals surface area contributed by atoms with Crippen molar-refractivity contribution in [3.05, 3.63) is 94.9 Å². The Morgan fingerprint density at radius 3 is 2.10 bits per heavy atom. The number of carbonyl (C=O) groups is 1. The average molecular weight is 809 g/mol. The van der Waals surface area contributed by atoms with Crippen LogP contribution in [0.5, 0.6) is 17.5 Å². The summed E-state index contributed by atoms with van der Waals surface area (Å²) >= 11 is 0. The molecule has 0 saturated carbocycles. The number of benzene rings is 2. The molecule has 14 heteroatoms. The number of anilines is 2. The summed E-state index contributed by atoms with van der Waals surface area (Å²) < 4.78 is 24.4. The van der Waals surface area contributed by atoms with E-state index in [0.717, 1.165) is 72.8 Å². The van der Waals surface area contributed by atoms with Crippen molar-refractivity contribution in [2.24, 2.45) is 5.92 Å². The fraction of sp³-hybridized carbons (Fsp3) is 0.489. The minimum absolute atomic E-state index is 0.130. The molecule has 14 nitrogen and oxygen atoms in total. The van der Waals surface area contributed by atoms with Gasteiger partial charge in [-0.25, -0.2) is 19.3 Å². The molecular formula is C45H60N8O6. The Labute approximate surface area is 348 Å². The number of hydrogen-bond acceptors (Lipinski definition) is 12. The Balaban J connectivity index is 1.28. The zero-order chi connectivity index (χ0) is 42.3. The number of pyridine rings is 1. The SMILES string of the molecule is CCCC(C)Oc1nc(N(Cc2ccc(OC)cc2)Cc2ccc(OC)cc2)c2ncc(C(O)c3cnc(N4CCC(CN(C)C(=O)OC(C)(C)C)CC4)c(C)c3)n2n1. The van der Waals surface area contributed by atoms with Crippen LogP contribution in [-0.2, 0) is 17.8 Å². The highest BCUT2D eigenvalue weighted by Gasteiger charge is 2.28. The molecule has 6 rings (SSSR count). The van der Waals surface area contributed by atoms with Gasteiger partial charge in [0.2, 0.25) is 0 Å². The number of nitrogens with zero attached hydrogens (tertiary/aromatic N) is 8. The molecule has 0 radical (unpaired) electrons. The lowest BCUT2D eigenvalue weighted by Gasteiger charge is -2.35. The predicted molar refractivity (Wildman–Crippen MR) is 228 cm³/mol. The molecule has 1 aliphatic rings. The molecule has 2 unspecified atom stereocenters. The lowest BCUT2D eigenvalue weighted by molar-refractivity contribution is 0.0266. The van der Waals surface area contributed by atoms with Crippen LogP contribution in [0.15, 0.2) is 67.0 Å². The van der Waals surface area contributed by atoms with Crippen molar-refractivity contribution < 1.29 is 28.8 Å². The number of carbonyl (C=O) groups excluding carboxylic acids is 1. The van der Waals surface area contributed by atoms with Gasteiger partial charge in [0.15, 0.2) is 11.5 Å². The predicted octanol–water partition coefficient (Wildman–Crippen LogP) is 7.78. The Morgan fingerprint density at radius 1 is 0.949 bits per heavy atom. The number of hydrogen-bond donors (Lipinski definition) is 1. The second-order valence-corrected chi connectivity index (χ2v) is 16.5. The number of aliphatic hydroxyl groups excluding tert-OH is 1. The summed E-state index contributed by atoms with van der Waals surface area (Å²) in [4.78, 5) is 33.3. The van der Waals surface area contributed by atoms with E-state index >= 15 is 0 Å². The first-order valence-corrected chi connectivity index (χ1v) is 20.5. The van der Waals surface area contributed by atoms with Gasteiger partial charge in [-0.2, -0.15) is 4.98 Å². The molecule has 59 heavy (non-hydrogen) atoms. The molecule has 2 atom stereocenters. The zero-order valence-electron chi connectivity index (χ0n) is 36.0. The molecule has 1 amide bonds. The van der Waals surface area contributed by atoms with Gasteiger partial charge in [0.25, 0.3) is 0 Å². The van der Waals surface area contributed by atoms with Crippen molar-refractivity contribution in [2.45, 2.75) is 98.1 Å². The summed E-state index contributed by atoms with van der Waals surface area (Å²) in [6.07, 6.45) is 5.50. The number of aromatic nitrogens is 5. The fourth-order valence-electron chi connectivity index (χ4n) is 7.44. The van der Waals surface area contributed by atoms with Crippen LogP contribution in [0.2, 0.25) is 0 Å². The van der Waals surface area contributed by atoms with Gasteiger partial charge in [0.05, 0.1) is 32.2 Å². The van der Waals surface area contributed by atoms with Crippen molar-refractivity contribution in [3.63, 3.8) is 0 Å². The molecule has 1 saturated heterocycles. The van der Waals surface area contributed by atoms with Crippen LogP contribution < -0.4 is 24.0 Å². The van der Waals surface area contributed by atoms with Crippen LogP contribution in [0, 0.1) is 12.8 Å². The summed E-state index contributed by atoms with van der Waals surface area (Å²) in [5.41, 5.74) is 4.09. The minimum atomic E-state index is -1.08. The second-order valence-electron chi connectivity index (χ2n) is 16.5. The number of aliphatic hydroxyl groups is 1. The van der Waals surface area contributed by atoms with Gasteiger partial charge in [-0.05, 0) is 107 Å². The van der Waals surface area contributed by atoms with Gasteiger partial charge in [-0.1, -0.05) is 37.6 Å². The van der Waals surface area contributed by atoms with E-state index in [2.05, 4.69) is 16.7 Å². The number of imidazole rings is 1. The van der Waals surface area contributed by atoms with Crippen LogP contribution in [0.1, 0.15) is 94.4 Å². The van der Waals surface area contributed by atoms with Crippen molar-refractivity contribution in [2.75, 3.05) is 50.7 Å². The van der Waals surface area contributed by atoms with Crippen molar-refractivity contribution in [3.8, 4) is 17.5 Å². The van der Waals surface area contributed by atoms with Gasteiger partial charge in [0, 0.05) is 51.5 Å². The standard InChI is InChI=1S/C45H60N8O6/c1-10-11-31(3)58-43-48-42(52(28-32-12-16-36(56-8)17-13-32)29-33-14-18-37(57-9)19-15-33)41-47-26-38(53(41)49-43)39(54)35-24-30(2)40(46-25-35)51-22-20-34(21-23-51)27-50(7)44(55)59-45(4,5)6/h12-19,24-26,31,34,39,54H,10-11,20-23,27-29H2,1-9H3. The van der Waals surface area contributed by atoms with Gasteiger partial charge in [-0.15, -0.1) is 5.10 Å². The molecule has 3 aromatic heterocycles. The number of amides is 1. The highest BCUT2D eigenvalue weighted by atomic mass is 16.6. The molecule has 2 aromatic carbocycles. The van der Waals surface area contributed by atoms with E-state index < -0.39 is 11.7 Å². The van der Waals surface area contributed by atoms with Crippen LogP contribution in [0.4, 0.5) is 16.4 Å². The van der Waals surface area contributed by atoms with E-state index in [0.29, 0.717) is 48.3 Å². The molecule has 1 aliphatic heterocycles. The molecular weight excluding hydrogens is 749 g/mol. The first-order chi connectivity index (χ1) is 28.2. The van der Waals surface area contributed by atoms with Gasteiger partial charge in [-0.3, -0.25) is 0 Å². The number of ether oxygens (including phenoxy) is 4. The Hall–Kier alpha value is -5.63. The monoisotopic (exact) mass is 808 g/mol. The maximum absolute atomic E-state index is 12.5. The normalized spacial score (nSPS) is 14.5. The van der Waals surface area contributed by atoms with E-state index in [1.165, 1.54) is 0 Å². The number of rotatable bonds is 16. The molecule has 0 spiro atoms. The van der Waals surface area contributed by atoms with E-state index in [-0.39, 0.29) is 18.2 Å². The van der Waals surface area contributed by atoms with E-state index in [9.17, 15) is 9.90 Å². The minimum Gasteiger partial charge on any atom is -0.497 e.